The van der Waals surface area contributed by atoms with Crippen molar-refractivity contribution >= 4 is 5.91 Å². The number of benzene rings is 2. The summed E-state index contributed by atoms with van der Waals surface area (Å²) in [5.74, 6) is 0.152. The van der Waals surface area contributed by atoms with Crippen LogP contribution in [-0.2, 0) is 4.79 Å². The highest BCUT2D eigenvalue weighted by Gasteiger charge is 2.30. The smallest absolute Gasteiger partial charge is 0.237 e. The van der Waals surface area contributed by atoms with Crippen molar-refractivity contribution in [1.82, 2.24) is 10.6 Å². The Balaban J connectivity index is 1.62. The van der Waals surface area contributed by atoms with Crippen molar-refractivity contribution in [2.45, 2.75) is 36.9 Å². The van der Waals surface area contributed by atoms with Crippen LogP contribution in [0.2, 0.25) is 0 Å². The van der Waals surface area contributed by atoms with E-state index in [4.69, 9.17) is 0 Å². The molecule has 1 amide bonds. The molecular formula is C21H26N2O3. The van der Waals surface area contributed by atoms with Gasteiger partial charge in [-0.15, -0.1) is 0 Å². The van der Waals surface area contributed by atoms with Gasteiger partial charge < -0.3 is 20.8 Å². The Morgan fingerprint density at radius 2 is 1.77 bits per heavy atom. The molecule has 1 aliphatic heterocycles. The summed E-state index contributed by atoms with van der Waals surface area (Å²) in [6.07, 6.45) is 0.748. The molecule has 0 radical (unpaired) electrons. The number of carbonyl (C=O) groups excluding carboxylic acids is 1. The van der Waals surface area contributed by atoms with Crippen LogP contribution in [0, 0.1) is 0 Å². The lowest BCUT2D eigenvalue weighted by atomic mass is 9.86. The summed E-state index contributed by atoms with van der Waals surface area (Å²) in [6.45, 7) is 0.444. The number of rotatable bonds is 6. The maximum atomic E-state index is 12.7. The third-order valence-electron chi connectivity index (χ3n) is 5.04. The second-order valence-electron chi connectivity index (χ2n) is 6.79. The van der Waals surface area contributed by atoms with Gasteiger partial charge in [-0.25, -0.2) is 0 Å². The van der Waals surface area contributed by atoms with Crippen molar-refractivity contribution in [2.75, 3.05) is 13.2 Å². The van der Waals surface area contributed by atoms with Crippen LogP contribution in [0.25, 0.3) is 0 Å². The van der Waals surface area contributed by atoms with E-state index < -0.39 is 12.1 Å². The molecule has 1 aliphatic rings. The number of hydrogen-bond acceptors (Lipinski definition) is 4. The summed E-state index contributed by atoms with van der Waals surface area (Å²) < 4.78 is 0. The van der Waals surface area contributed by atoms with Crippen molar-refractivity contribution in [2.24, 2.45) is 0 Å². The van der Waals surface area contributed by atoms with E-state index in [1.54, 1.807) is 12.1 Å². The summed E-state index contributed by atoms with van der Waals surface area (Å²) in [4.78, 5) is 12.7. The summed E-state index contributed by atoms with van der Waals surface area (Å²) in [7, 11) is 0. The van der Waals surface area contributed by atoms with Crippen molar-refractivity contribution in [1.29, 1.82) is 0 Å². The van der Waals surface area contributed by atoms with Gasteiger partial charge in [-0.05, 0) is 36.4 Å². The van der Waals surface area contributed by atoms with Gasteiger partial charge in [-0.1, -0.05) is 60.7 Å². The molecule has 0 aromatic heterocycles. The largest absolute Gasteiger partial charge is 0.394 e. The Bertz CT molecular complexity index is 693. The molecule has 0 spiro atoms. The molecule has 0 bridgehead atoms. The van der Waals surface area contributed by atoms with Crippen LogP contribution in [-0.4, -0.2) is 41.4 Å². The molecule has 26 heavy (non-hydrogen) atoms. The molecule has 5 nitrogen and oxygen atoms in total. The molecule has 0 unspecified atom stereocenters. The molecule has 1 heterocycles. The first-order valence-electron chi connectivity index (χ1n) is 9.11. The van der Waals surface area contributed by atoms with Gasteiger partial charge in [0, 0.05) is 0 Å². The van der Waals surface area contributed by atoms with E-state index >= 15 is 0 Å². The average Bonchev–Trinajstić information content (AvgIpc) is 2.72. The molecule has 0 aliphatic carbocycles. The first kappa shape index (κ1) is 18.6. The van der Waals surface area contributed by atoms with Gasteiger partial charge in [0.1, 0.15) is 6.10 Å². The summed E-state index contributed by atoms with van der Waals surface area (Å²) in [5, 5.41) is 26.2. The molecule has 4 atom stereocenters. The van der Waals surface area contributed by atoms with Crippen molar-refractivity contribution in [3.8, 4) is 0 Å². The van der Waals surface area contributed by atoms with Crippen LogP contribution >= 0.6 is 0 Å². The zero-order chi connectivity index (χ0) is 18.4. The molecule has 0 saturated carbocycles. The minimum atomic E-state index is -0.946. The van der Waals surface area contributed by atoms with Gasteiger partial charge >= 0.3 is 0 Å². The predicted molar refractivity (Wildman–Crippen MR) is 101 cm³/mol. The van der Waals surface area contributed by atoms with E-state index in [2.05, 4.69) is 22.8 Å². The molecule has 2 aromatic rings. The third-order valence-corrected chi connectivity index (χ3v) is 5.04. The van der Waals surface area contributed by atoms with E-state index in [0.29, 0.717) is 17.9 Å². The fraction of sp³-hybridized carbons (Fsp3) is 0.381. The second-order valence-corrected chi connectivity index (χ2v) is 6.79. The third kappa shape index (κ3) is 4.49. The fourth-order valence-corrected chi connectivity index (χ4v) is 3.54. The molecule has 1 saturated heterocycles. The minimum absolute atomic E-state index is 0.181. The van der Waals surface area contributed by atoms with E-state index in [1.807, 2.05) is 36.4 Å². The van der Waals surface area contributed by atoms with Crippen LogP contribution < -0.4 is 10.6 Å². The van der Waals surface area contributed by atoms with Gasteiger partial charge in [-0.3, -0.25) is 4.79 Å². The SMILES string of the molecule is O=C(N[C@@H](CO)[C@H](O)c1ccccc1)[C@@H]1C[C@@H](c2ccccc2)CCN1. The quantitative estimate of drug-likeness (QED) is 0.637. The normalized spacial score (nSPS) is 22.4. The van der Waals surface area contributed by atoms with Crippen LogP contribution in [0.1, 0.15) is 36.0 Å². The van der Waals surface area contributed by atoms with Crippen molar-refractivity contribution in [3.05, 3.63) is 71.8 Å². The van der Waals surface area contributed by atoms with E-state index in [9.17, 15) is 15.0 Å². The van der Waals surface area contributed by atoms with Crippen LogP contribution in [0.5, 0.6) is 0 Å². The fourth-order valence-electron chi connectivity index (χ4n) is 3.54. The number of carbonyl (C=O) groups is 1. The number of hydrogen-bond donors (Lipinski definition) is 4. The van der Waals surface area contributed by atoms with Gasteiger partial charge in [-0.2, -0.15) is 0 Å². The lowest BCUT2D eigenvalue weighted by Crippen LogP contribution is -2.53. The maximum absolute atomic E-state index is 12.7. The maximum Gasteiger partial charge on any atom is 0.237 e. The van der Waals surface area contributed by atoms with Gasteiger partial charge in [0.15, 0.2) is 0 Å². The average molecular weight is 354 g/mol. The first-order valence-corrected chi connectivity index (χ1v) is 9.11. The van der Waals surface area contributed by atoms with E-state index in [1.165, 1.54) is 5.56 Å². The molecule has 4 N–H and O–H groups in total. The number of piperidine rings is 1. The Morgan fingerprint density at radius 1 is 1.12 bits per heavy atom. The number of nitrogens with one attached hydrogen (secondary N) is 2. The number of amides is 1. The van der Waals surface area contributed by atoms with Crippen molar-refractivity contribution < 1.29 is 15.0 Å². The van der Waals surface area contributed by atoms with Crippen LogP contribution in [0.3, 0.4) is 0 Å². The Kier molecular flexibility index (Phi) is 6.39. The lowest BCUT2D eigenvalue weighted by Gasteiger charge is -2.31. The van der Waals surface area contributed by atoms with Gasteiger partial charge in [0.25, 0.3) is 0 Å². The molecule has 1 fully saturated rings. The van der Waals surface area contributed by atoms with Gasteiger partial charge in [0.2, 0.25) is 5.91 Å². The predicted octanol–water partition coefficient (Wildman–Crippen LogP) is 1.73. The molecular weight excluding hydrogens is 328 g/mol. The monoisotopic (exact) mass is 354 g/mol. The number of aliphatic hydroxyl groups excluding tert-OH is 2. The Labute approximate surface area is 154 Å². The Morgan fingerprint density at radius 3 is 2.42 bits per heavy atom. The standard InChI is InChI=1S/C21H26N2O3/c24-14-19(20(25)16-9-5-2-6-10-16)23-21(26)18-13-17(11-12-22-18)15-7-3-1-4-8-15/h1-10,17-20,22,24-25H,11-14H2,(H,23,26)/t17-,18-,19-,20+/m0/s1. The van der Waals surface area contributed by atoms with Gasteiger partial charge in [0.05, 0.1) is 18.7 Å². The Hall–Kier alpha value is -2.21. The minimum Gasteiger partial charge on any atom is -0.394 e. The zero-order valence-corrected chi connectivity index (χ0v) is 14.7. The summed E-state index contributed by atoms with van der Waals surface area (Å²) >= 11 is 0. The number of aliphatic hydroxyl groups is 2. The van der Waals surface area contributed by atoms with E-state index in [0.717, 1.165) is 13.0 Å². The van der Waals surface area contributed by atoms with Crippen LogP contribution in [0.4, 0.5) is 0 Å². The highest BCUT2D eigenvalue weighted by Crippen LogP contribution is 2.27. The molecule has 3 rings (SSSR count). The van der Waals surface area contributed by atoms with Crippen LogP contribution in [0.15, 0.2) is 60.7 Å². The highest BCUT2D eigenvalue weighted by atomic mass is 16.3. The summed E-state index contributed by atoms with van der Waals surface area (Å²) in [5.41, 5.74) is 1.92. The van der Waals surface area contributed by atoms with E-state index in [-0.39, 0.29) is 18.6 Å². The highest BCUT2D eigenvalue weighted by molar-refractivity contribution is 5.82. The topological polar surface area (TPSA) is 81.6 Å². The molecule has 138 valence electrons. The molecule has 2 aromatic carbocycles. The molecule has 5 heteroatoms. The zero-order valence-electron chi connectivity index (χ0n) is 14.7. The first-order chi connectivity index (χ1) is 12.7. The lowest BCUT2D eigenvalue weighted by molar-refractivity contribution is -0.126. The van der Waals surface area contributed by atoms with Crippen molar-refractivity contribution in [3.63, 3.8) is 0 Å². The second kappa shape index (κ2) is 8.94. The summed E-state index contributed by atoms with van der Waals surface area (Å²) in [6, 6.07) is 18.2.